The van der Waals surface area contributed by atoms with Gasteiger partial charge in [0.25, 0.3) is 10.0 Å². The zero-order chi connectivity index (χ0) is 28.6. The van der Waals surface area contributed by atoms with E-state index in [1.54, 1.807) is 43.3 Å². The lowest BCUT2D eigenvalue weighted by atomic mass is 10.1. The molecule has 11 heteroatoms. The van der Waals surface area contributed by atoms with Crippen molar-refractivity contribution in [2.45, 2.75) is 44.2 Å². The maximum atomic E-state index is 14.0. The van der Waals surface area contributed by atoms with Gasteiger partial charge in [0.1, 0.15) is 18.4 Å². The number of hydrogen-bond donors (Lipinski definition) is 1. The van der Waals surface area contributed by atoms with E-state index in [9.17, 15) is 22.4 Å². The number of sulfonamides is 1. The summed E-state index contributed by atoms with van der Waals surface area (Å²) >= 11 is 12.8. The van der Waals surface area contributed by atoms with Crippen molar-refractivity contribution in [3.05, 3.63) is 94.2 Å². The molecule has 0 aliphatic heterocycles. The van der Waals surface area contributed by atoms with Gasteiger partial charge in [-0.15, -0.1) is 0 Å². The van der Waals surface area contributed by atoms with E-state index in [0.29, 0.717) is 28.6 Å². The minimum absolute atomic E-state index is 0.0458. The largest absolute Gasteiger partial charge is 0.354 e. The number of carbonyl (C=O) groups excluding carboxylic acids is 2. The summed E-state index contributed by atoms with van der Waals surface area (Å²) in [7, 11) is -4.24. The highest BCUT2D eigenvalue weighted by molar-refractivity contribution is 7.92. The van der Waals surface area contributed by atoms with E-state index >= 15 is 0 Å². The molecule has 2 amide bonds. The first-order valence-electron chi connectivity index (χ1n) is 12.4. The highest BCUT2D eigenvalue weighted by Gasteiger charge is 2.34. The highest BCUT2D eigenvalue weighted by Crippen LogP contribution is 2.28. The van der Waals surface area contributed by atoms with Crippen molar-refractivity contribution in [1.29, 1.82) is 0 Å². The zero-order valence-electron chi connectivity index (χ0n) is 21.6. The summed E-state index contributed by atoms with van der Waals surface area (Å²) in [6, 6.07) is 16.4. The summed E-state index contributed by atoms with van der Waals surface area (Å²) in [5.41, 5.74) is 0.517. The number of anilines is 1. The lowest BCUT2D eigenvalue weighted by Gasteiger charge is -2.33. The minimum Gasteiger partial charge on any atom is -0.354 e. The number of amides is 2. The number of rotatable bonds is 12. The lowest BCUT2D eigenvalue weighted by Crippen LogP contribution is -2.52. The van der Waals surface area contributed by atoms with Crippen LogP contribution in [0.15, 0.2) is 77.7 Å². The van der Waals surface area contributed by atoms with E-state index in [-0.39, 0.29) is 29.5 Å². The fourth-order valence-corrected chi connectivity index (χ4v) is 5.95. The average Bonchev–Trinajstić information content (AvgIpc) is 2.92. The molecular weight excluding hydrogens is 564 g/mol. The summed E-state index contributed by atoms with van der Waals surface area (Å²) in [6.45, 7) is 3.29. The van der Waals surface area contributed by atoms with Gasteiger partial charge in [-0.2, -0.15) is 0 Å². The van der Waals surface area contributed by atoms with Crippen LogP contribution in [0.5, 0.6) is 0 Å². The molecule has 0 heterocycles. The second kappa shape index (κ2) is 13.8. The molecule has 7 nitrogen and oxygen atoms in total. The number of nitrogens with zero attached hydrogens (tertiary/aromatic N) is 2. The molecule has 0 aliphatic carbocycles. The monoisotopic (exact) mass is 593 g/mol. The van der Waals surface area contributed by atoms with Gasteiger partial charge in [-0.25, -0.2) is 12.8 Å². The number of nitrogens with one attached hydrogen (secondary N) is 1. The van der Waals surface area contributed by atoms with E-state index < -0.39 is 34.3 Å². The van der Waals surface area contributed by atoms with Crippen molar-refractivity contribution in [3.63, 3.8) is 0 Å². The van der Waals surface area contributed by atoms with Crippen LogP contribution in [0, 0.1) is 5.82 Å². The predicted octanol–water partition coefficient (Wildman–Crippen LogP) is 5.66. The van der Waals surface area contributed by atoms with Gasteiger partial charge in [0, 0.05) is 28.7 Å². The molecule has 0 fully saturated rings. The van der Waals surface area contributed by atoms with Crippen LogP contribution >= 0.6 is 23.2 Å². The molecular formula is C28H30Cl2FN3O4S. The van der Waals surface area contributed by atoms with Gasteiger partial charge in [0.05, 0.1) is 10.6 Å². The van der Waals surface area contributed by atoms with Crippen LogP contribution in [-0.4, -0.2) is 44.3 Å². The van der Waals surface area contributed by atoms with E-state index in [1.807, 2.05) is 6.92 Å². The molecule has 0 radical (unpaired) electrons. The molecule has 39 heavy (non-hydrogen) atoms. The molecule has 0 bridgehead atoms. The third-order valence-corrected chi connectivity index (χ3v) is 8.55. The third kappa shape index (κ3) is 7.50. The Hall–Kier alpha value is -3.14. The SMILES string of the molecule is CCCNC(=O)[C@@H](CC)N(Cc1c(Cl)cccc1Cl)C(=O)CN(c1ccc(F)cc1)S(=O)(=O)c1ccccc1. The molecule has 0 saturated carbocycles. The molecule has 0 saturated heterocycles. The smallest absolute Gasteiger partial charge is 0.264 e. The molecule has 3 aromatic rings. The summed E-state index contributed by atoms with van der Waals surface area (Å²) in [5, 5.41) is 3.41. The van der Waals surface area contributed by atoms with Gasteiger partial charge in [-0.05, 0) is 61.4 Å². The Morgan fingerprint density at radius 1 is 0.923 bits per heavy atom. The number of benzene rings is 3. The number of halogens is 3. The minimum atomic E-state index is -4.24. The quantitative estimate of drug-likeness (QED) is 0.293. The van der Waals surface area contributed by atoms with E-state index in [2.05, 4.69) is 5.32 Å². The first-order valence-corrected chi connectivity index (χ1v) is 14.6. The van der Waals surface area contributed by atoms with Gasteiger partial charge in [0.2, 0.25) is 11.8 Å². The van der Waals surface area contributed by atoms with Crippen molar-refractivity contribution in [3.8, 4) is 0 Å². The van der Waals surface area contributed by atoms with Crippen molar-refractivity contribution < 1.29 is 22.4 Å². The van der Waals surface area contributed by atoms with Gasteiger partial charge >= 0.3 is 0 Å². The topological polar surface area (TPSA) is 86.8 Å². The molecule has 3 aromatic carbocycles. The average molecular weight is 595 g/mol. The summed E-state index contributed by atoms with van der Waals surface area (Å²) in [5.74, 6) is -1.60. The number of carbonyl (C=O) groups is 2. The first-order chi connectivity index (χ1) is 18.6. The Kier molecular flexibility index (Phi) is 10.7. The maximum absolute atomic E-state index is 14.0. The third-order valence-electron chi connectivity index (χ3n) is 6.05. The van der Waals surface area contributed by atoms with E-state index in [0.717, 1.165) is 16.4 Å². The van der Waals surface area contributed by atoms with Crippen LogP contribution in [0.1, 0.15) is 32.3 Å². The molecule has 0 spiro atoms. The fraction of sp³-hybridized carbons (Fsp3) is 0.286. The van der Waals surface area contributed by atoms with Gasteiger partial charge in [-0.3, -0.25) is 13.9 Å². The highest BCUT2D eigenvalue weighted by atomic mass is 35.5. The molecule has 1 N–H and O–H groups in total. The van der Waals surface area contributed by atoms with Gasteiger partial charge < -0.3 is 10.2 Å². The van der Waals surface area contributed by atoms with Crippen LogP contribution in [0.3, 0.4) is 0 Å². The predicted molar refractivity (Wildman–Crippen MR) is 152 cm³/mol. The normalized spacial score (nSPS) is 12.0. The van der Waals surface area contributed by atoms with Crippen LogP contribution in [0.4, 0.5) is 10.1 Å². The molecule has 1 atom stereocenters. The second-order valence-corrected chi connectivity index (χ2v) is 11.4. The molecule has 0 aliphatic rings. The Morgan fingerprint density at radius 2 is 1.54 bits per heavy atom. The van der Waals surface area contributed by atoms with Crippen molar-refractivity contribution in [2.75, 3.05) is 17.4 Å². The van der Waals surface area contributed by atoms with E-state index in [4.69, 9.17) is 23.2 Å². The maximum Gasteiger partial charge on any atom is 0.264 e. The fourth-order valence-electron chi connectivity index (χ4n) is 4.00. The van der Waals surface area contributed by atoms with E-state index in [1.165, 1.54) is 29.2 Å². The first kappa shape index (κ1) is 30.4. The van der Waals surface area contributed by atoms with Gasteiger partial charge in [0.15, 0.2) is 0 Å². The number of hydrogen-bond acceptors (Lipinski definition) is 4. The van der Waals surface area contributed by atoms with Crippen LogP contribution in [0.25, 0.3) is 0 Å². The standard InChI is InChI=1S/C28H30Cl2FN3O4S/c1-3-17-32-28(36)26(4-2)33(18-23-24(29)11-8-12-25(23)30)27(35)19-34(21-15-13-20(31)14-16-21)39(37,38)22-9-6-5-7-10-22/h5-16,26H,3-4,17-19H2,1-2H3,(H,32,36)/t26-/m1/s1. The summed E-state index contributed by atoms with van der Waals surface area (Å²) in [6.07, 6.45) is 0.950. The Morgan fingerprint density at radius 3 is 2.10 bits per heavy atom. The molecule has 208 valence electrons. The van der Waals surface area contributed by atoms with Crippen LogP contribution in [0.2, 0.25) is 10.0 Å². The van der Waals surface area contributed by atoms with Crippen molar-refractivity contribution in [2.24, 2.45) is 0 Å². The van der Waals surface area contributed by atoms with Crippen molar-refractivity contribution >= 4 is 50.7 Å². The second-order valence-electron chi connectivity index (χ2n) is 8.74. The zero-order valence-corrected chi connectivity index (χ0v) is 23.9. The van der Waals surface area contributed by atoms with Crippen LogP contribution < -0.4 is 9.62 Å². The Labute approximate surface area is 238 Å². The lowest BCUT2D eigenvalue weighted by molar-refractivity contribution is -0.140. The molecule has 3 rings (SSSR count). The van der Waals surface area contributed by atoms with Crippen LogP contribution in [-0.2, 0) is 26.2 Å². The molecule has 0 aromatic heterocycles. The van der Waals surface area contributed by atoms with Crippen molar-refractivity contribution in [1.82, 2.24) is 10.2 Å². The Balaban J connectivity index is 2.07. The summed E-state index contributed by atoms with van der Waals surface area (Å²) < 4.78 is 42.0. The summed E-state index contributed by atoms with van der Waals surface area (Å²) in [4.78, 5) is 28.3. The Bertz CT molecular complexity index is 1370. The molecule has 0 unspecified atom stereocenters. The van der Waals surface area contributed by atoms with Gasteiger partial charge in [-0.1, -0.05) is 61.3 Å².